The smallest absolute Gasteiger partial charge is 0.432 e. The van der Waals surface area contributed by atoms with Crippen molar-refractivity contribution in [2.75, 3.05) is 6.61 Å². The Morgan fingerprint density at radius 3 is 2.08 bits per heavy atom. The van der Waals surface area contributed by atoms with Gasteiger partial charge in [0.05, 0.1) is 10.0 Å². The lowest BCUT2D eigenvalue weighted by molar-refractivity contribution is -0.153. The fourth-order valence-electron chi connectivity index (χ4n) is 2.16. The molecule has 144 valence electrons. The molecule has 26 heavy (non-hydrogen) atoms. The van der Waals surface area contributed by atoms with Gasteiger partial charge in [0.1, 0.15) is 22.4 Å². The molecule has 1 aromatic heterocycles. The van der Waals surface area contributed by atoms with E-state index >= 15 is 0 Å². The van der Waals surface area contributed by atoms with Gasteiger partial charge in [0, 0.05) is 18.2 Å². The van der Waals surface area contributed by atoms with Gasteiger partial charge in [-0.1, -0.05) is 34.8 Å². The van der Waals surface area contributed by atoms with E-state index in [2.05, 4.69) is 4.74 Å². The Labute approximate surface area is 157 Å². The first-order valence-corrected chi connectivity index (χ1v) is 7.67. The van der Waals surface area contributed by atoms with Gasteiger partial charge in [-0.05, 0) is 12.1 Å². The van der Waals surface area contributed by atoms with Gasteiger partial charge < -0.3 is 9.30 Å². The minimum atomic E-state index is -4.90. The molecule has 0 saturated carbocycles. The number of aromatic nitrogens is 1. The second kappa shape index (κ2) is 7.01. The van der Waals surface area contributed by atoms with E-state index in [1.165, 1.54) is 0 Å². The topological polar surface area (TPSA) is 14.2 Å². The Hall–Kier alpha value is -1.32. The highest BCUT2D eigenvalue weighted by Crippen LogP contribution is 2.47. The van der Waals surface area contributed by atoms with Crippen LogP contribution in [0.15, 0.2) is 12.1 Å². The lowest BCUT2D eigenvalue weighted by Crippen LogP contribution is -2.19. The Morgan fingerprint density at radius 1 is 1.04 bits per heavy atom. The first-order chi connectivity index (χ1) is 11.7. The van der Waals surface area contributed by atoms with Crippen molar-refractivity contribution in [1.82, 2.24) is 4.57 Å². The third kappa shape index (κ3) is 4.15. The van der Waals surface area contributed by atoms with Crippen LogP contribution in [0.4, 0.5) is 30.7 Å². The number of hydrogen-bond acceptors (Lipinski definition) is 1. The van der Waals surface area contributed by atoms with Crippen molar-refractivity contribution in [2.24, 2.45) is 7.05 Å². The molecule has 1 aromatic carbocycles. The molecular formula is C14H7Cl3F7NO. The van der Waals surface area contributed by atoms with E-state index in [-0.39, 0.29) is 0 Å². The largest absolute Gasteiger partial charge is 0.483 e. The summed E-state index contributed by atoms with van der Waals surface area (Å²) in [7, 11) is 0.954. The van der Waals surface area contributed by atoms with E-state index in [1.807, 2.05) is 0 Å². The molecule has 0 atom stereocenters. The Kier molecular flexibility index (Phi) is 5.66. The van der Waals surface area contributed by atoms with Crippen LogP contribution in [0.2, 0.25) is 15.2 Å². The van der Waals surface area contributed by atoms with Crippen molar-refractivity contribution < 1.29 is 35.5 Å². The zero-order valence-corrected chi connectivity index (χ0v) is 14.8. The summed E-state index contributed by atoms with van der Waals surface area (Å²) in [5.41, 5.74) is -2.48. The molecule has 0 unspecified atom stereocenters. The molecule has 0 N–H and O–H groups in total. The summed E-state index contributed by atoms with van der Waals surface area (Å²) < 4.78 is 95.3. The second-order valence-electron chi connectivity index (χ2n) is 5.05. The van der Waals surface area contributed by atoms with Crippen LogP contribution in [-0.4, -0.2) is 17.4 Å². The van der Waals surface area contributed by atoms with Crippen molar-refractivity contribution in [1.29, 1.82) is 0 Å². The van der Waals surface area contributed by atoms with E-state index < -0.39 is 62.5 Å². The van der Waals surface area contributed by atoms with Gasteiger partial charge in [0.2, 0.25) is 0 Å². The summed E-state index contributed by atoms with van der Waals surface area (Å²) in [4.78, 5) is 0. The normalized spacial score (nSPS) is 12.6. The molecule has 12 heteroatoms. The summed E-state index contributed by atoms with van der Waals surface area (Å²) in [6.45, 7) is -1.73. The van der Waals surface area contributed by atoms with Crippen molar-refractivity contribution in [3.63, 3.8) is 0 Å². The number of alkyl halides is 6. The summed E-state index contributed by atoms with van der Waals surface area (Å²) in [5, 5.41) is -1.98. The lowest BCUT2D eigenvalue weighted by Gasteiger charge is -2.13. The van der Waals surface area contributed by atoms with Gasteiger partial charge in [-0.3, -0.25) is 0 Å². The molecule has 0 aliphatic carbocycles. The maximum atomic E-state index is 14.2. The molecule has 2 nitrogen and oxygen atoms in total. The van der Waals surface area contributed by atoms with E-state index in [9.17, 15) is 30.7 Å². The molecule has 0 saturated heterocycles. The lowest BCUT2D eigenvalue weighted by atomic mass is 10.1. The third-order valence-electron chi connectivity index (χ3n) is 3.21. The van der Waals surface area contributed by atoms with Gasteiger partial charge >= 0.3 is 12.4 Å². The van der Waals surface area contributed by atoms with Crippen molar-refractivity contribution in [3.05, 3.63) is 38.8 Å². The predicted molar refractivity (Wildman–Crippen MR) is 82.4 cm³/mol. The number of hydrogen-bond donors (Lipinski definition) is 0. The molecular weight excluding hydrogens is 438 g/mol. The SMILES string of the molecule is Cn1c(Cl)c(-c2cc(OCC(F)(F)F)c(Cl)cc2F)c(Cl)c1C(F)(F)F. The van der Waals surface area contributed by atoms with Crippen LogP contribution < -0.4 is 4.74 Å². The molecule has 0 radical (unpaired) electrons. The van der Waals surface area contributed by atoms with Gasteiger partial charge in [-0.15, -0.1) is 0 Å². The number of rotatable bonds is 3. The Morgan fingerprint density at radius 2 is 1.62 bits per heavy atom. The molecule has 0 bridgehead atoms. The average molecular weight is 445 g/mol. The quantitative estimate of drug-likeness (QED) is 0.478. The minimum absolute atomic E-state index is 0.490. The first kappa shape index (κ1) is 21.0. The number of halogens is 10. The molecule has 2 rings (SSSR count). The van der Waals surface area contributed by atoms with Gasteiger partial charge in [0.25, 0.3) is 0 Å². The van der Waals surface area contributed by atoms with Crippen LogP contribution in [0.25, 0.3) is 11.1 Å². The molecule has 1 heterocycles. The van der Waals surface area contributed by atoms with Crippen molar-refractivity contribution >= 4 is 34.8 Å². The fraction of sp³-hybridized carbons (Fsp3) is 0.286. The number of benzene rings is 1. The Bertz CT molecular complexity index is 843. The van der Waals surface area contributed by atoms with Gasteiger partial charge in [-0.25, -0.2) is 4.39 Å². The van der Waals surface area contributed by atoms with E-state index in [0.29, 0.717) is 16.7 Å². The standard InChI is InChI=1S/C14H7Cl3F7NO/c1-25-11(14(22,23)24)10(16)9(12(25)17)5-2-8(6(15)3-7(5)18)26-4-13(19,20)21/h2-3H,4H2,1H3. The maximum absolute atomic E-state index is 14.2. The van der Waals surface area contributed by atoms with Crippen molar-refractivity contribution in [2.45, 2.75) is 12.4 Å². The number of ether oxygens (including phenoxy) is 1. The van der Waals surface area contributed by atoms with Crippen LogP contribution in [0, 0.1) is 5.82 Å². The first-order valence-electron chi connectivity index (χ1n) is 6.54. The van der Waals surface area contributed by atoms with E-state index in [4.69, 9.17) is 34.8 Å². The van der Waals surface area contributed by atoms with Gasteiger partial charge in [-0.2, -0.15) is 26.3 Å². The fourth-order valence-corrected chi connectivity index (χ4v) is 3.12. The molecule has 0 spiro atoms. The van der Waals surface area contributed by atoms with E-state index in [0.717, 1.165) is 7.05 Å². The highest BCUT2D eigenvalue weighted by atomic mass is 35.5. The molecule has 0 aliphatic heterocycles. The summed E-state index contributed by atoms with van der Waals surface area (Å²) in [6, 6.07) is 1.30. The second-order valence-corrected chi connectivity index (χ2v) is 6.19. The van der Waals surface area contributed by atoms with Crippen LogP contribution in [0.5, 0.6) is 5.75 Å². The zero-order chi connectivity index (χ0) is 20.0. The van der Waals surface area contributed by atoms with Crippen LogP contribution >= 0.6 is 34.8 Å². The highest BCUT2D eigenvalue weighted by molar-refractivity contribution is 6.40. The average Bonchev–Trinajstić information content (AvgIpc) is 2.67. The minimum Gasteiger partial charge on any atom is -0.483 e. The monoisotopic (exact) mass is 443 g/mol. The van der Waals surface area contributed by atoms with Crippen LogP contribution in [0.3, 0.4) is 0 Å². The highest BCUT2D eigenvalue weighted by Gasteiger charge is 2.40. The van der Waals surface area contributed by atoms with Crippen LogP contribution in [-0.2, 0) is 13.2 Å². The molecule has 0 fully saturated rings. The molecule has 2 aromatic rings. The van der Waals surface area contributed by atoms with E-state index in [1.54, 1.807) is 0 Å². The third-order valence-corrected chi connectivity index (χ3v) is 4.32. The van der Waals surface area contributed by atoms with Crippen LogP contribution in [0.1, 0.15) is 5.69 Å². The molecule has 0 aliphatic rings. The summed E-state index contributed by atoms with van der Waals surface area (Å²) in [5.74, 6) is -1.73. The summed E-state index contributed by atoms with van der Waals surface area (Å²) >= 11 is 17.2. The van der Waals surface area contributed by atoms with Crippen molar-refractivity contribution in [3.8, 4) is 16.9 Å². The summed E-state index contributed by atoms with van der Waals surface area (Å²) in [6.07, 6.45) is -9.60. The Balaban J connectivity index is 2.63. The zero-order valence-electron chi connectivity index (χ0n) is 12.5. The van der Waals surface area contributed by atoms with Gasteiger partial charge in [0.15, 0.2) is 6.61 Å². The predicted octanol–water partition coefficient (Wildman–Crippen LogP) is 6.75. The number of nitrogens with zero attached hydrogens (tertiary/aromatic N) is 1. The maximum Gasteiger partial charge on any atom is 0.432 e. The molecule has 0 amide bonds.